The summed E-state index contributed by atoms with van der Waals surface area (Å²) in [6.07, 6.45) is 5.69. The number of amides is 2. The smallest absolute Gasteiger partial charge is 0.320 e. The molecule has 124 valence electrons. The second kappa shape index (κ2) is 6.58. The Morgan fingerprint density at radius 3 is 3.00 bits per heavy atom. The van der Waals surface area contributed by atoms with E-state index < -0.39 is 0 Å². The standard InChI is InChI=1S/C17H24N4O2/c1-17(2,13-4-7-23-8-5-13)11-20-16(22)21-15-9-12-3-6-18-14(12)10-19-15/h3,6,9-10,13,18H,4-5,7-8,11H2,1-2H3,(H2,19,20,21,22). The highest BCUT2D eigenvalue weighted by molar-refractivity contribution is 5.91. The van der Waals surface area contributed by atoms with E-state index in [1.165, 1.54) is 0 Å². The Kier molecular flexibility index (Phi) is 4.52. The highest BCUT2D eigenvalue weighted by Gasteiger charge is 2.31. The van der Waals surface area contributed by atoms with Gasteiger partial charge >= 0.3 is 6.03 Å². The number of rotatable bonds is 4. The minimum atomic E-state index is -0.215. The van der Waals surface area contributed by atoms with Crippen LogP contribution in [0.4, 0.5) is 10.6 Å². The summed E-state index contributed by atoms with van der Waals surface area (Å²) in [5.74, 6) is 1.13. The molecule has 6 heteroatoms. The Labute approximate surface area is 136 Å². The van der Waals surface area contributed by atoms with Gasteiger partial charge in [0, 0.05) is 31.3 Å². The highest BCUT2D eigenvalue weighted by Crippen LogP contribution is 2.33. The molecule has 3 heterocycles. The van der Waals surface area contributed by atoms with Crippen molar-refractivity contribution in [2.24, 2.45) is 11.3 Å². The molecule has 0 unspecified atom stereocenters. The van der Waals surface area contributed by atoms with E-state index in [9.17, 15) is 4.79 Å². The van der Waals surface area contributed by atoms with Crippen molar-refractivity contribution in [3.8, 4) is 0 Å². The zero-order valence-electron chi connectivity index (χ0n) is 13.7. The minimum absolute atomic E-state index is 0.0547. The van der Waals surface area contributed by atoms with Crippen molar-refractivity contribution < 1.29 is 9.53 Å². The summed E-state index contributed by atoms with van der Waals surface area (Å²) in [6, 6.07) is 3.59. The molecule has 0 saturated carbocycles. The van der Waals surface area contributed by atoms with Crippen molar-refractivity contribution >= 4 is 22.8 Å². The van der Waals surface area contributed by atoms with Crippen molar-refractivity contribution in [3.05, 3.63) is 24.5 Å². The monoisotopic (exact) mass is 316 g/mol. The molecule has 6 nitrogen and oxygen atoms in total. The molecule has 1 fully saturated rings. The largest absolute Gasteiger partial charge is 0.381 e. The maximum absolute atomic E-state index is 12.1. The normalized spacial score (nSPS) is 16.4. The molecule has 2 aromatic rings. The molecular formula is C17H24N4O2. The number of carbonyl (C=O) groups is 1. The van der Waals surface area contributed by atoms with Gasteiger partial charge in [0.15, 0.2) is 0 Å². The minimum Gasteiger partial charge on any atom is -0.381 e. The van der Waals surface area contributed by atoms with Crippen LogP contribution in [-0.2, 0) is 4.74 Å². The van der Waals surface area contributed by atoms with Gasteiger partial charge in [0.1, 0.15) is 5.82 Å². The van der Waals surface area contributed by atoms with Crippen molar-refractivity contribution in [2.45, 2.75) is 26.7 Å². The third-order valence-corrected chi connectivity index (χ3v) is 4.71. The Morgan fingerprint density at radius 1 is 1.43 bits per heavy atom. The van der Waals surface area contributed by atoms with Gasteiger partial charge in [-0.1, -0.05) is 13.8 Å². The number of nitrogens with zero attached hydrogens (tertiary/aromatic N) is 1. The number of aromatic amines is 1. The fraction of sp³-hybridized carbons (Fsp3) is 0.529. The Hall–Kier alpha value is -2.08. The predicted octanol–water partition coefficient (Wildman–Crippen LogP) is 3.14. The molecule has 1 saturated heterocycles. The maximum Gasteiger partial charge on any atom is 0.320 e. The van der Waals surface area contributed by atoms with Crippen molar-refractivity contribution in [3.63, 3.8) is 0 Å². The van der Waals surface area contributed by atoms with E-state index >= 15 is 0 Å². The average molecular weight is 316 g/mol. The second-order valence-electron chi connectivity index (χ2n) is 6.82. The first-order valence-corrected chi connectivity index (χ1v) is 8.10. The number of aromatic nitrogens is 2. The van der Waals surface area contributed by atoms with Crippen LogP contribution in [0, 0.1) is 11.3 Å². The van der Waals surface area contributed by atoms with Crippen LogP contribution in [0.2, 0.25) is 0 Å². The molecule has 0 radical (unpaired) electrons. The van der Waals surface area contributed by atoms with Crippen LogP contribution in [-0.4, -0.2) is 35.8 Å². The summed E-state index contributed by atoms with van der Waals surface area (Å²) in [4.78, 5) is 19.4. The van der Waals surface area contributed by atoms with Gasteiger partial charge in [-0.05, 0) is 36.3 Å². The summed E-state index contributed by atoms with van der Waals surface area (Å²) in [5, 5.41) is 6.80. The summed E-state index contributed by atoms with van der Waals surface area (Å²) in [6.45, 7) is 6.68. The number of anilines is 1. The number of H-pyrrole nitrogens is 1. The summed E-state index contributed by atoms with van der Waals surface area (Å²) in [5.41, 5.74) is 1.01. The lowest BCUT2D eigenvalue weighted by atomic mass is 9.74. The molecule has 3 N–H and O–H groups in total. The predicted molar refractivity (Wildman–Crippen MR) is 90.4 cm³/mol. The van der Waals surface area contributed by atoms with E-state index in [1.807, 2.05) is 18.3 Å². The Balaban J connectivity index is 1.54. The van der Waals surface area contributed by atoms with Gasteiger partial charge in [-0.2, -0.15) is 0 Å². The molecule has 23 heavy (non-hydrogen) atoms. The first kappa shape index (κ1) is 15.8. The van der Waals surface area contributed by atoms with E-state index in [-0.39, 0.29) is 11.4 Å². The van der Waals surface area contributed by atoms with Crippen molar-refractivity contribution in [1.29, 1.82) is 0 Å². The van der Waals surface area contributed by atoms with Gasteiger partial charge in [0.25, 0.3) is 0 Å². The first-order chi connectivity index (χ1) is 11.0. The fourth-order valence-corrected chi connectivity index (χ4v) is 3.11. The van der Waals surface area contributed by atoms with Crippen molar-refractivity contribution in [1.82, 2.24) is 15.3 Å². The number of urea groups is 1. The zero-order chi connectivity index (χ0) is 16.3. The summed E-state index contributed by atoms with van der Waals surface area (Å²) < 4.78 is 5.42. The SMILES string of the molecule is CC(C)(CNC(=O)Nc1cc2cc[nH]c2cn1)C1CCOCC1. The Morgan fingerprint density at radius 2 is 2.22 bits per heavy atom. The third kappa shape index (κ3) is 3.82. The second-order valence-corrected chi connectivity index (χ2v) is 6.82. The highest BCUT2D eigenvalue weighted by atomic mass is 16.5. The molecule has 3 rings (SSSR count). The van der Waals surface area contributed by atoms with Crippen LogP contribution in [0.25, 0.3) is 10.9 Å². The number of nitrogens with one attached hydrogen (secondary N) is 3. The molecule has 0 atom stereocenters. The van der Waals surface area contributed by atoms with Crippen molar-refractivity contribution in [2.75, 3.05) is 25.1 Å². The van der Waals surface area contributed by atoms with Gasteiger partial charge in [0.2, 0.25) is 0 Å². The first-order valence-electron chi connectivity index (χ1n) is 8.10. The number of fused-ring (bicyclic) bond motifs is 1. The summed E-state index contributed by atoms with van der Waals surface area (Å²) >= 11 is 0. The van der Waals surface area contributed by atoms with Crippen LogP contribution < -0.4 is 10.6 Å². The Bertz CT molecular complexity index is 674. The number of hydrogen-bond donors (Lipinski definition) is 3. The van der Waals surface area contributed by atoms with Gasteiger partial charge in [0.05, 0.1) is 11.7 Å². The lowest BCUT2D eigenvalue weighted by Gasteiger charge is -2.37. The van der Waals surface area contributed by atoms with Crippen LogP contribution in [0.1, 0.15) is 26.7 Å². The zero-order valence-corrected chi connectivity index (χ0v) is 13.7. The molecule has 2 aromatic heterocycles. The van der Waals surface area contributed by atoms with E-state index in [2.05, 4.69) is 34.4 Å². The lowest BCUT2D eigenvalue weighted by Crippen LogP contribution is -2.42. The topological polar surface area (TPSA) is 79.0 Å². The lowest BCUT2D eigenvalue weighted by molar-refractivity contribution is 0.0238. The molecule has 0 bridgehead atoms. The number of hydrogen-bond acceptors (Lipinski definition) is 3. The van der Waals surface area contributed by atoms with E-state index in [0.717, 1.165) is 37.0 Å². The molecule has 0 aliphatic carbocycles. The van der Waals surface area contributed by atoms with Gasteiger partial charge in [-0.15, -0.1) is 0 Å². The average Bonchev–Trinajstić information content (AvgIpc) is 3.02. The number of pyridine rings is 1. The van der Waals surface area contributed by atoms with E-state index in [4.69, 9.17) is 4.74 Å². The maximum atomic E-state index is 12.1. The molecule has 1 aliphatic heterocycles. The van der Waals surface area contributed by atoms with Crippen LogP contribution in [0.15, 0.2) is 24.5 Å². The number of carbonyl (C=O) groups excluding carboxylic acids is 1. The molecule has 0 spiro atoms. The molecular weight excluding hydrogens is 292 g/mol. The third-order valence-electron chi connectivity index (χ3n) is 4.71. The molecule has 0 aromatic carbocycles. The molecule has 1 aliphatic rings. The van der Waals surface area contributed by atoms with E-state index in [1.54, 1.807) is 6.20 Å². The van der Waals surface area contributed by atoms with Crippen LogP contribution in [0.3, 0.4) is 0 Å². The number of ether oxygens (including phenoxy) is 1. The van der Waals surface area contributed by atoms with Gasteiger partial charge in [-0.25, -0.2) is 9.78 Å². The van der Waals surface area contributed by atoms with Gasteiger partial charge in [-0.3, -0.25) is 5.32 Å². The summed E-state index contributed by atoms with van der Waals surface area (Å²) in [7, 11) is 0. The quantitative estimate of drug-likeness (QED) is 0.811. The van der Waals surface area contributed by atoms with Gasteiger partial charge < -0.3 is 15.0 Å². The molecule has 2 amide bonds. The van der Waals surface area contributed by atoms with Crippen LogP contribution >= 0.6 is 0 Å². The fourth-order valence-electron chi connectivity index (χ4n) is 3.11. The van der Waals surface area contributed by atoms with E-state index in [0.29, 0.717) is 18.3 Å². The van der Waals surface area contributed by atoms with Crippen LogP contribution in [0.5, 0.6) is 0 Å².